The van der Waals surface area contributed by atoms with Crippen molar-refractivity contribution in [3.05, 3.63) is 27.5 Å². The van der Waals surface area contributed by atoms with Gasteiger partial charge in [-0.3, -0.25) is 0 Å². The lowest BCUT2D eigenvalue weighted by atomic mass is 10.2. The van der Waals surface area contributed by atoms with E-state index in [-0.39, 0.29) is 0 Å². The van der Waals surface area contributed by atoms with Crippen molar-refractivity contribution in [3.8, 4) is 0 Å². The van der Waals surface area contributed by atoms with Crippen LogP contribution in [0.5, 0.6) is 0 Å². The third-order valence-corrected chi connectivity index (χ3v) is 5.06. The molecule has 0 spiro atoms. The minimum absolute atomic E-state index is 0.925. The fourth-order valence-electron chi connectivity index (χ4n) is 1.37. The molecule has 1 heterocycles. The molecule has 14 heavy (non-hydrogen) atoms. The van der Waals surface area contributed by atoms with E-state index in [4.69, 9.17) is 0 Å². The maximum atomic E-state index is 3.52. The number of thiophene rings is 1. The lowest BCUT2D eigenvalue weighted by molar-refractivity contribution is 1.31. The zero-order valence-corrected chi connectivity index (χ0v) is 12.3. The average molecular weight is 352 g/mol. The largest absolute Gasteiger partial charge is 0.129 e. The van der Waals surface area contributed by atoms with Crippen LogP contribution in [-0.2, 0) is 5.33 Å². The van der Waals surface area contributed by atoms with E-state index in [1.54, 1.807) is 23.1 Å². The molecule has 0 aliphatic carbocycles. The number of fused-ring (bicyclic) bond motifs is 1. The Morgan fingerprint density at radius 3 is 2.79 bits per heavy atom. The first-order valence-corrected chi connectivity index (χ1v) is 8.02. The van der Waals surface area contributed by atoms with Crippen LogP contribution in [0.3, 0.4) is 0 Å². The van der Waals surface area contributed by atoms with Crippen molar-refractivity contribution < 1.29 is 0 Å². The highest BCUT2D eigenvalue weighted by Crippen LogP contribution is 2.35. The fourth-order valence-corrected chi connectivity index (χ4v) is 4.26. The summed E-state index contributed by atoms with van der Waals surface area (Å²) in [6.45, 7) is 0. The van der Waals surface area contributed by atoms with E-state index in [1.807, 2.05) is 0 Å². The minimum Gasteiger partial charge on any atom is -0.129 e. The Morgan fingerprint density at radius 1 is 1.36 bits per heavy atom. The maximum absolute atomic E-state index is 3.52. The van der Waals surface area contributed by atoms with Crippen LogP contribution in [0.15, 0.2) is 26.9 Å². The molecule has 4 heteroatoms. The molecule has 0 atom stereocenters. The van der Waals surface area contributed by atoms with Gasteiger partial charge in [0.1, 0.15) is 0 Å². The predicted molar refractivity (Wildman–Crippen MR) is 73.9 cm³/mol. The zero-order chi connectivity index (χ0) is 10.1. The molecule has 0 N–H and O–H groups in total. The van der Waals surface area contributed by atoms with Crippen molar-refractivity contribution in [3.63, 3.8) is 0 Å². The molecule has 0 unspecified atom stereocenters. The number of benzene rings is 1. The SMILES string of the molecule is CSc1cc2cc(Br)sc2cc1CBr. The summed E-state index contributed by atoms with van der Waals surface area (Å²) < 4.78 is 2.55. The van der Waals surface area contributed by atoms with Crippen LogP contribution in [0, 0.1) is 0 Å². The van der Waals surface area contributed by atoms with Crippen molar-refractivity contribution >= 4 is 65.0 Å². The molecule has 2 rings (SSSR count). The molecule has 0 nitrogen and oxygen atoms in total. The van der Waals surface area contributed by atoms with Crippen molar-refractivity contribution in [2.75, 3.05) is 6.26 Å². The lowest BCUT2D eigenvalue weighted by Crippen LogP contribution is -1.81. The molecule has 0 saturated carbocycles. The van der Waals surface area contributed by atoms with Crippen molar-refractivity contribution in [1.29, 1.82) is 0 Å². The second-order valence-corrected chi connectivity index (χ2v) is 6.76. The third-order valence-electron chi connectivity index (χ3n) is 2.03. The van der Waals surface area contributed by atoms with Crippen LogP contribution in [-0.4, -0.2) is 6.26 Å². The standard InChI is InChI=1S/C10H8Br2S2/c1-13-8-2-6-4-10(12)14-9(6)3-7(8)5-11/h2-4H,5H2,1H3. The van der Waals surface area contributed by atoms with E-state index in [2.05, 4.69) is 56.3 Å². The Hall–Kier alpha value is 0.490. The summed E-state index contributed by atoms with van der Waals surface area (Å²) in [5.74, 6) is 0. The quantitative estimate of drug-likeness (QED) is 0.523. The third kappa shape index (κ3) is 2.03. The monoisotopic (exact) mass is 350 g/mol. The van der Waals surface area contributed by atoms with Gasteiger partial charge in [0.05, 0.1) is 3.79 Å². The Morgan fingerprint density at radius 2 is 2.14 bits per heavy atom. The lowest BCUT2D eigenvalue weighted by Gasteiger charge is -2.03. The molecule has 0 aliphatic rings. The van der Waals surface area contributed by atoms with Crippen LogP contribution in [0.1, 0.15) is 5.56 Å². The summed E-state index contributed by atoms with van der Waals surface area (Å²) in [5.41, 5.74) is 1.37. The van der Waals surface area contributed by atoms with Gasteiger partial charge in [-0.25, -0.2) is 0 Å². The molecule has 74 valence electrons. The number of thioether (sulfide) groups is 1. The molecule has 1 aromatic carbocycles. The van der Waals surface area contributed by atoms with Gasteiger partial charge >= 0.3 is 0 Å². The second-order valence-electron chi connectivity index (χ2n) is 2.89. The highest BCUT2D eigenvalue weighted by atomic mass is 79.9. The molecule has 1 aromatic heterocycles. The molecular weight excluding hydrogens is 344 g/mol. The highest BCUT2D eigenvalue weighted by Gasteiger charge is 2.05. The van der Waals surface area contributed by atoms with E-state index >= 15 is 0 Å². The van der Waals surface area contributed by atoms with Crippen LogP contribution in [0.4, 0.5) is 0 Å². The molecule has 0 radical (unpaired) electrons. The number of rotatable bonds is 2. The maximum Gasteiger partial charge on any atom is 0.0711 e. The van der Waals surface area contributed by atoms with Crippen LogP contribution < -0.4 is 0 Å². The van der Waals surface area contributed by atoms with E-state index in [0.717, 1.165) is 5.33 Å². The molecule has 0 aliphatic heterocycles. The Balaban J connectivity index is 2.68. The van der Waals surface area contributed by atoms with Gasteiger partial charge in [-0.05, 0) is 51.3 Å². The summed E-state index contributed by atoms with van der Waals surface area (Å²) in [7, 11) is 0. The minimum atomic E-state index is 0.925. The molecule has 2 aromatic rings. The van der Waals surface area contributed by atoms with Gasteiger partial charge in [0.2, 0.25) is 0 Å². The predicted octanol–water partition coefficient (Wildman–Crippen LogP) is 5.28. The number of hydrogen-bond donors (Lipinski definition) is 0. The van der Waals surface area contributed by atoms with Gasteiger partial charge in [-0.15, -0.1) is 23.1 Å². The number of hydrogen-bond acceptors (Lipinski definition) is 2. The molecule has 0 bridgehead atoms. The van der Waals surface area contributed by atoms with E-state index in [9.17, 15) is 0 Å². The average Bonchev–Trinajstić information content (AvgIpc) is 2.54. The molecule has 0 amide bonds. The van der Waals surface area contributed by atoms with Gasteiger partial charge in [0.25, 0.3) is 0 Å². The molecular formula is C10H8Br2S2. The first-order chi connectivity index (χ1) is 6.74. The fraction of sp³-hybridized carbons (Fsp3) is 0.200. The van der Waals surface area contributed by atoms with Crippen LogP contribution >= 0.6 is 55.0 Å². The van der Waals surface area contributed by atoms with Crippen molar-refractivity contribution in [2.45, 2.75) is 10.2 Å². The van der Waals surface area contributed by atoms with E-state index < -0.39 is 0 Å². The molecule has 0 fully saturated rings. The van der Waals surface area contributed by atoms with Crippen molar-refractivity contribution in [1.82, 2.24) is 0 Å². The normalized spacial score (nSPS) is 11.1. The Labute approximate surface area is 108 Å². The summed E-state index contributed by atoms with van der Waals surface area (Å²) in [5, 5.41) is 2.25. The van der Waals surface area contributed by atoms with Gasteiger partial charge in [0.15, 0.2) is 0 Å². The number of alkyl halides is 1. The Kier molecular flexibility index (Phi) is 3.58. The van der Waals surface area contributed by atoms with Gasteiger partial charge in [-0.1, -0.05) is 15.9 Å². The van der Waals surface area contributed by atoms with Gasteiger partial charge < -0.3 is 0 Å². The summed E-state index contributed by atoms with van der Waals surface area (Å²) in [6.07, 6.45) is 2.12. The first-order valence-electron chi connectivity index (χ1n) is 4.06. The van der Waals surface area contributed by atoms with E-state index in [1.165, 1.54) is 24.3 Å². The van der Waals surface area contributed by atoms with Gasteiger partial charge in [-0.2, -0.15) is 0 Å². The summed E-state index contributed by atoms with van der Waals surface area (Å²) in [6, 6.07) is 6.71. The van der Waals surface area contributed by atoms with Crippen LogP contribution in [0.25, 0.3) is 10.1 Å². The smallest absolute Gasteiger partial charge is 0.0711 e. The molecule has 0 saturated heterocycles. The zero-order valence-electron chi connectivity index (χ0n) is 7.51. The summed E-state index contributed by atoms with van der Waals surface area (Å²) >= 11 is 10.6. The van der Waals surface area contributed by atoms with E-state index in [0.29, 0.717) is 0 Å². The Bertz CT molecular complexity index is 421. The summed E-state index contributed by atoms with van der Waals surface area (Å²) in [4.78, 5) is 1.36. The number of halogens is 2. The van der Waals surface area contributed by atoms with Gasteiger partial charge in [0, 0.05) is 14.9 Å². The van der Waals surface area contributed by atoms with Crippen molar-refractivity contribution in [2.24, 2.45) is 0 Å². The second kappa shape index (κ2) is 4.56. The highest BCUT2D eigenvalue weighted by molar-refractivity contribution is 9.11. The van der Waals surface area contributed by atoms with Crippen LogP contribution in [0.2, 0.25) is 0 Å². The first kappa shape index (κ1) is 11.0. The topological polar surface area (TPSA) is 0 Å².